The number of pyridine rings is 1. The molecule has 0 atom stereocenters. The van der Waals surface area contributed by atoms with E-state index in [2.05, 4.69) is 87.4 Å². The van der Waals surface area contributed by atoms with E-state index in [0.717, 1.165) is 5.69 Å². The van der Waals surface area contributed by atoms with E-state index in [9.17, 15) is 0 Å². The van der Waals surface area contributed by atoms with Gasteiger partial charge in [0.2, 0.25) is 0 Å². The Hall–Kier alpha value is -2.19. The third kappa shape index (κ3) is 3.43. The first-order valence-electron chi connectivity index (χ1n) is 8.08. The molecule has 1 nitrogen and oxygen atoms in total. The highest BCUT2D eigenvalue weighted by Crippen LogP contribution is 2.26. The molecule has 0 bridgehead atoms. The zero-order chi connectivity index (χ0) is 16.4. The fourth-order valence-corrected chi connectivity index (χ4v) is 3.87. The van der Waals surface area contributed by atoms with Crippen LogP contribution < -0.4 is 5.19 Å². The lowest BCUT2D eigenvalue weighted by molar-refractivity contribution is 1.28. The summed E-state index contributed by atoms with van der Waals surface area (Å²) in [6.07, 6.45) is 2.07. The van der Waals surface area contributed by atoms with Crippen molar-refractivity contribution in [2.24, 2.45) is 0 Å². The molecule has 116 valence electrons. The van der Waals surface area contributed by atoms with Gasteiger partial charge in [0.15, 0.2) is 0 Å². The molecule has 0 spiro atoms. The van der Waals surface area contributed by atoms with Crippen LogP contribution in [-0.4, -0.2) is 13.1 Å². The van der Waals surface area contributed by atoms with Gasteiger partial charge in [-0.15, -0.1) is 0 Å². The van der Waals surface area contributed by atoms with E-state index in [0.29, 0.717) is 0 Å². The number of rotatable bonds is 3. The van der Waals surface area contributed by atoms with Gasteiger partial charge < -0.3 is 0 Å². The SMILES string of the molecule is Cc1cc([Si](C)(C)C)cnc1-c1cccc(-c2ccccc2)c1. The van der Waals surface area contributed by atoms with Gasteiger partial charge in [0, 0.05) is 11.8 Å². The van der Waals surface area contributed by atoms with Crippen molar-refractivity contribution in [2.45, 2.75) is 26.6 Å². The monoisotopic (exact) mass is 317 g/mol. The second-order valence-corrected chi connectivity index (χ2v) is 12.2. The highest BCUT2D eigenvalue weighted by molar-refractivity contribution is 6.88. The molecule has 0 amide bonds. The summed E-state index contributed by atoms with van der Waals surface area (Å²) < 4.78 is 0. The van der Waals surface area contributed by atoms with Crippen LogP contribution in [0, 0.1) is 6.92 Å². The Morgan fingerprint density at radius 2 is 1.39 bits per heavy atom. The van der Waals surface area contributed by atoms with Crippen LogP contribution in [0.4, 0.5) is 0 Å². The van der Waals surface area contributed by atoms with Crippen LogP contribution in [0.1, 0.15) is 5.56 Å². The molecule has 0 N–H and O–H groups in total. The van der Waals surface area contributed by atoms with Gasteiger partial charge in [-0.05, 0) is 34.9 Å². The summed E-state index contributed by atoms with van der Waals surface area (Å²) in [5, 5.41) is 1.41. The first-order chi connectivity index (χ1) is 10.9. The Bertz CT molecular complexity index is 817. The normalized spacial score (nSPS) is 11.5. The summed E-state index contributed by atoms with van der Waals surface area (Å²) in [6, 6.07) is 21.5. The fraction of sp³-hybridized carbons (Fsp3) is 0.190. The summed E-state index contributed by atoms with van der Waals surface area (Å²) >= 11 is 0. The van der Waals surface area contributed by atoms with E-state index in [1.165, 1.54) is 27.4 Å². The van der Waals surface area contributed by atoms with Crippen LogP contribution in [0.3, 0.4) is 0 Å². The lowest BCUT2D eigenvalue weighted by Gasteiger charge is -2.18. The average molecular weight is 318 g/mol. The zero-order valence-electron chi connectivity index (χ0n) is 14.3. The van der Waals surface area contributed by atoms with Gasteiger partial charge in [-0.25, -0.2) is 0 Å². The third-order valence-corrected chi connectivity index (χ3v) is 6.19. The molecule has 1 aromatic heterocycles. The van der Waals surface area contributed by atoms with Crippen LogP contribution in [-0.2, 0) is 0 Å². The minimum atomic E-state index is -1.31. The van der Waals surface area contributed by atoms with Crippen molar-refractivity contribution >= 4 is 13.3 Å². The van der Waals surface area contributed by atoms with E-state index >= 15 is 0 Å². The standard InChI is InChI=1S/C21H23NSi/c1-16-13-20(23(2,3)4)15-22-21(16)19-12-8-11-18(14-19)17-9-6-5-7-10-17/h5-15H,1-4H3. The quantitative estimate of drug-likeness (QED) is 0.600. The number of hydrogen-bond acceptors (Lipinski definition) is 1. The maximum atomic E-state index is 4.78. The Labute approximate surface area is 140 Å². The Morgan fingerprint density at radius 3 is 2.04 bits per heavy atom. The minimum absolute atomic E-state index is 1.09. The van der Waals surface area contributed by atoms with Gasteiger partial charge in [-0.2, -0.15) is 0 Å². The molecule has 0 saturated heterocycles. The molecule has 0 fully saturated rings. The second kappa shape index (κ2) is 6.13. The van der Waals surface area contributed by atoms with E-state index in [1.807, 2.05) is 6.07 Å². The summed E-state index contributed by atoms with van der Waals surface area (Å²) in [4.78, 5) is 4.78. The molecule has 3 rings (SSSR count). The van der Waals surface area contributed by atoms with Crippen LogP contribution in [0.5, 0.6) is 0 Å². The van der Waals surface area contributed by atoms with E-state index < -0.39 is 8.07 Å². The predicted molar refractivity (Wildman–Crippen MR) is 103 cm³/mol. The summed E-state index contributed by atoms with van der Waals surface area (Å²) in [5.74, 6) is 0. The summed E-state index contributed by atoms with van der Waals surface area (Å²) in [6.45, 7) is 9.25. The van der Waals surface area contributed by atoms with Gasteiger partial charge in [-0.1, -0.05) is 74.2 Å². The van der Waals surface area contributed by atoms with E-state index in [1.54, 1.807) is 0 Å². The molecule has 2 aromatic carbocycles. The van der Waals surface area contributed by atoms with Crippen molar-refractivity contribution in [1.29, 1.82) is 0 Å². The number of aromatic nitrogens is 1. The van der Waals surface area contributed by atoms with Crippen LogP contribution in [0.15, 0.2) is 66.9 Å². The molecule has 2 heteroatoms. The molecule has 0 aliphatic carbocycles. The molecule has 23 heavy (non-hydrogen) atoms. The second-order valence-electron chi connectivity index (χ2n) is 7.09. The molecule has 0 aliphatic heterocycles. The zero-order valence-corrected chi connectivity index (χ0v) is 15.3. The highest BCUT2D eigenvalue weighted by atomic mass is 28.3. The van der Waals surface area contributed by atoms with Crippen molar-refractivity contribution < 1.29 is 0 Å². The summed E-state index contributed by atoms with van der Waals surface area (Å²) in [7, 11) is -1.31. The Balaban J connectivity index is 2.03. The third-order valence-electron chi connectivity index (χ3n) is 4.19. The Kier molecular flexibility index (Phi) is 4.18. The maximum absolute atomic E-state index is 4.78. The molecule has 3 aromatic rings. The van der Waals surface area contributed by atoms with Crippen molar-refractivity contribution in [3.63, 3.8) is 0 Å². The molecule has 0 aliphatic rings. The van der Waals surface area contributed by atoms with Gasteiger partial charge in [0.05, 0.1) is 13.8 Å². The first-order valence-corrected chi connectivity index (χ1v) is 11.6. The average Bonchev–Trinajstić information content (AvgIpc) is 2.55. The first kappa shape index (κ1) is 15.7. The van der Waals surface area contributed by atoms with Crippen molar-refractivity contribution in [3.8, 4) is 22.4 Å². The lowest BCUT2D eigenvalue weighted by atomic mass is 10.00. The maximum Gasteiger partial charge on any atom is 0.0796 e. The lowest BCUT2D eigenvalue weighted by Crippen LogP contribution is -2.38. The van der Waals surface area contributed by atoms with Gasteiger partial charge in [0.25, 0.3) is 0 Å². The number of hydrogen-bond donors (Lipinski definition) is 0. The Morgan fingerprint density at radius 1 is 0.739 bits per heavy atom. The van der Waals surface area contributed by atoms with Gasteiger partial charge >= 0.3 is 0 Å². The van der Waals surface area contributed by atoms with E-state index in [-0.39, 0.29) is 0 Å². The van der Waals surface area contributed by atoms with Gasteiger partial charge in [-0.3, -0.25) is 4.98 Å². The van der Waals surface area contributed by atoms with Crippen LogP contribution >= 0.6 is 0 Å². The highest BCUT2D eigenvalue weighted by Gasteiger charge is 2.18. The molecule has 0 unspecified atom stereocenters. The largest absolute Gasteiger partial charge is 0.256 e. The van der Waals surface area contributed by atoms with Gasteiger partial charge in [0.1, 0.15) is 0 Å². The molecular weight excluding hydrogens is 294 g/mol. The molecular formula is C21H23NSi. The molecule has 0 radical (unpaired) electrons. The topological polar surface area (TPSA) is 12.9 Å². The van der Waals surface area contributed by atoms with E-state index in [4.69, 9.17) is 4.98 Å². The minimum Gasteiger partial charge on any atom is -0.256 e. The summed E-state index contributed by atoms with van der Waals surface area (Å²) in [5.41, 5.74) is 6.01. The molecule has 0 saturated carbocycles. The molecule has 1 heterocycles. The van der Waals surface area contributed by atoms with Crippen molar-refractivity contribution in [2.75, 3.05) is 0 Å². The fourth-order valence-electron chi connectivity index (χ4n) is 2.76. The van der Waals surface area contributed by atoms with Crippen molar-refractivity contribution in [3.05, 3.63) is 72.4 Å². The predicted octanol–water partition coefficient (Wildman–Crippen LogP) is 5.27. The van der Waals surface area contributed by atoms with Crippen molar-refractivity contribution in [1.82, 2.24) is 4.98 Å². The number of benzene rings is 2. The number of nitrogens with zero attached hydrogens (tertiary/aromatic N) is 1. The smallest absolute Gasteiger partial charge is 0.0796 e. The number of aryl methyl sites for hydroxylation is 1. The van der Waals surface area contributed by atoms with Crippen LogP contribution in [0.25, 0.3) is 22.4 Å². The van der Waals surface area contributed by atoms with Crippen LogP contribution in [0.2, 0.25) is 19.6 Å².